The van der Waals surface area contributed by atoms with Gasteiger partial charge in [-0.3, -0.25) is 4.79 Å². The van der Waals surface area contributed by atoms with E-state index >= 15 is 0 Å². The number of ether oxygens (including phenoxy) is 1. The van der Waals surface area contributed by atoms with Gasteiger partial charge < -0.3 is 14.9 Å². The molecule has 0 spiro atoms. The predicted molar refractivity (Wildman–Crippen MR) is 110 cm³/mol. The highest BCUT2D eigenvalue weighted by molar-refractivity contribution is 6.21. The summed E-state index contributed by atoms with van der Waals surface area (Å²) in [6.07, 6.45) is 9.92. The molecule has 1 aromatic carbocycles. The minimum Gasteiger partial charge on any atom is -0.469 e. The molecule has 2 saturated carbocycles. The van der Waals surface area contributed by atoms with Gasteiger partial charge in [-0.05, 0) is 62.0 Å². The van der Waals surface area contributed by atoms with Crippen LogP contribution in [0, 0.1) is 5.92 Å². The molecule has 2 aliphatic rings. The van der Waals surface area contributed by atoms with Crippen molar-refractivity contribution in [2.24, 2.45) is 5.92 Å². The molecule has 0 heterocycles. The molecular formula is C23H31ClO4. The van der Waals surface area contributed by atoms with E-state index in [2.05, 4.69) is 16.9 Å². The van der Waals surface area contributed by atoms with Crippen LogP contribution in [-0.4, -0.2) is 34.8 Å². The Labute approximate surface area is 172 Å². The minimum atomic E-state index is -0.659. The van der Waals surface area contributed by atoms with E-state index in [9.17, 15) is 15.0 Å². The van der Waals surface area contributed by atoms with Crippen LogP contribution in [0.2, 0.25) is 0 Å². The lowest BCUT2D eigenvalue weighted by Gasteiger charge is -2.37. The highest BCUT2D eigenvalue weighted by Crippen LogP contribution is 2.46. The van der Waals surface area contributed by atoms with Gasteiger partial charge in [-0.1, -0.05) is 36.4 Å². The number of aliphatic hydroxyl groups excluding tert-OH is 1. The number of methoxy groups -OCH3 is 1. The lowest BCUT2D eigenvalue weighted by atomic mass is 9.74. The second-order valence-corrected chi connectivity index (χ2v) is 8.75. The first-order valence-electron chi connectivity index (χ1n) is 10.3. The summed E-state index contributed by atoms with van der Waals surface area (Å²) in [7, 11) is 1.41. The molecule has 2 aliphatic carbocycles. The maximum absolute atomic E-state index is 11.1. The van der Waals surface area contributed by atoms with Crippen LogP contribution in [0.3, 0.4) is 0 Å². The number of carbonyl (C=O) groups excluding carboxylic acids is 1. The average molecular weight is 407 g/mol. The Morgan fingerprint density at radius 3 is 2.61 bits per heavy atom. The summed E-state index contributed by atoms with van der Waals surface area (Å²) in [6, 6.07) is 8.09. The maximum atomic E-state index is 11.1. The Bertz CT molecular complexity index is 680. The minimum absolute atomic E-state index is 0.00676. The van der Waals surface area contributed by atoms with Crippen molar-refractivity contribution in [2.45, 2.75) is 74.4 Å². The van der Waals surface area contributed by atoms with Gasteiger partial charge in [0.15, 0.2) is 0 Å². The van der Waals surface area contributed by atoms with Crippen LogP contribution in [0.1, 0.15) is 68.4 Å². The Hall–Kier alpha value is -1.36. The van der Waals surface area contributed by atoms with E-state index in [4.69, 9.17) is 11.6 Å². The van der Waals surface area contributed by atoms with Gasteiger partial charge in [0.25, 0.3) is 0 Å². The van der Waals surface area contributed by atoms with Gasteiger partial charge in [0.2, 0.25) is 0 Å². The summed E-state index contributed by atoms with van der Waals surface area (Å²) in [6.45, 7) is 0. The smallest absolute Gasteiger partial charge is 0.305 e. The molecule has 28 heavy (non-hydrogen) atoms. The fourth-order valence-electron chi connectivity index (χ4n) is 4.48. The normalized spacial score (nSPS) is 29.0. The Morgan fingerprint density at radius 2 is 2.00 bits per heavy atom. The molecule has 4 unspecified atom stereocenters. The zero-order valence-electron chi connectivity index (χ0n) is 16.5. The number of hydrogen-bond acceptors (Lipinski definition) is 4. The molecule has 2 N–H and O–H groups in total. The summed E-state index contributed by atoms with van der Waals surface area (Å²) < 4.78 is 4.64. The Kier molecular flexibility index (Phi) is 7.19. The molecule has 0 amide bonds. The van der Waals surface area contributed by atoms with Gasteiger partial charge in [-0.25, -0.2) is 0 Å². The number of benzene rings is 1. The van der Waals surface area contributed by atoms with E-state index in [1.165, 1.54) is 7.11 Å². The van der Waals surface area contributed by atoms with E-state index in [1.54, 1.807) is 0 Å². The zero-order valence-corrected chi connectivity index (χ0v) is 17.3. The fourth-order valence-corrected chi connectivity index (χ4v) is 4.92. The fraction of sp³-hybridized carbons (Fsp3) is 0.609. The van der Waals surface area contributed by atoms with Crippen LogP contribution in [0.5, 0.6) is 0 Å². The first kappa shape index (κ1) is 21.4. The van der Waals surface area contributed by atoms with E-state index in [1.807, 2.05) is 24.3 Å². The molecule has 4 nitrogen and oxygen atoms in total. The van der Waals surface area contributed by atoms with Crippen molar-refractivity contribution >= 4 is 17.6 Å². The number of alkyl halides is 1. The second kappa shape index (κ2) is 9.43. The van der Waals surface area contributed by atoms with E-state index in [0.717, 1.165) is 49.7 Å². The lowest BCUT2D eigenvalue weighted by Crippen LogP contribution is -2.33. The number of hydrogen-bond donors (Lipinski definition) is 2. The molecule has 0 saturated heterocycles. The van der Waals surface area contributed by atoms with Crippen LogP contribution >= 0.6 is 11.6 Å². The summed E-state index contributed by atoms with van der Waals surface area (Å²) >= 11 is 6.56. The third-order valence-corrected chi connectivity index (χ3v) is 6.88. The van der Waals surface area contributed by atoms with Crippen molar-refractivity contribution < 1.29 is 19.7 Å². The van der Waals surface area contributed by atoms with E-state index in [0.29, 0.717) is 12.8 Å². The van der Waals surface area contributed by atoms with Crippen molar-refractivity contribution in [3.05, 3.63) is 47.5 Å². The maximum Gasteiger partial charge on any atom is 0.305 e. The van der Waals surface area contributed by atoms with Crippen molar-refractivity contribution in [1.29, 1.82) is 0 Å². The number of aliphatic hydroxyl groups is 2. The summed E-state index contributed by atoms with van der Waals surface area (Å²) in [5.74, 6) is 0.00155. The van der Waals surface area contributed by atoms with Gasteiger partial charge >= 0.3 is 5.97 Å². The molecule has 4 atom stereocenters. The Balaban J connectivity index is 1.60. The highest BCUT2D eigenvalue weighted by Gasteiger charge is 2.42. The molecule has 2 fully saturated rings. The van der Waals surface area contributed by atoms with Gasteiger partial charge in [0, 0.05) is 17.7 Å². The molecule has 0 aliphatic heterocycles. The summed E-state index contributed by atoms with van der Waals surface area (Å²) in [5.41, 5.74) is 1.40. The number of halogens is 1. The van der Waals surface area contributed by atoms with E-state index < -0.39 is 11.7 Å². The van der Waals surface area contributed by atoms with Crippen LogP contribution in [0.25, 0.3) is 0 Å². The SMILES string of the molecule is COC(=O)CCC/C=C/CC1C(Cl)CC(O)C1c1ccc(C2(O)CCC2)cc1. The monoisotopic (exact) mass is 406 g/mol. The second-order valence-electron chi connectivity index (χ2n) is 8.19. The number of allylic oxidation sites excluding steroid dienone is 2. The third kappa shape index (κ3) is 4.79. The van der Waals surface area contributed by atoms with Crippen LogP contribution < -0.4 is 0 Å². The molecule has 0 aromatic heterocycles. The molecule has 0 bridgehead atoms. The standard InChI is InChI=1S/C23H31ClO4/c1-28-21(26)8-5-3-2-4-7-18-19(24)15-20(25)22(18)16-9-11-17(12-10-16)23(27)13-6-14-23/h2,4,9-12,18-20,22,25,27H,3,5-8,13-15H2,1H3/b4-2+. The summed E-state index contributed by atoms with van der Waals surface area (Å²) in [4.78, 5) is 11.1. The molecule has 1 aromatic rings. The zero-order chi connectivity index (χ0) is 20.1. The Morgan fingerprint density at radius 1 is 1.29 bits per heavy atom. The predicted octanol–water partition coefficient (Wildman–Crippen LogP) is 4.42. The van der Waals surface area contributed by atoms with Crippen LogP contribution in [0.4, 0.5) is 0 Å². The van der Waals surface area contributed by atoms with Gasteiger partial charge in [0.1, 0.15) is 0 Å². The van der Waals surface area contributed by atoms with Crippen molar-refractivity contribution in [1.82, 2.24) is 0 Å². The van der Waals surface area contributed by atoms with Gasteiger partial charge in [0.05, 0.1) is 18.8 Å². The van der Waals surface area contributed by atoms with Crippen molar-refractivity contribution in [3.8, 4) is 0 Å². The number of carbonyl (C=O) groups is 1. The van der Waals surface area contributed by atoms with Crippen molar-refractivity contribution in [3.63, 3.8) is 0 Å². The first-order valence-corrected chi connectivity index (χ1v) is 10.7. The first-order chi connectivity index (χ1) is 13.4. The molecule has 154 valence electrons. The average Bonchev–Trinajstić information content (AvgIpc) is 2.95. The molecular weight excluding hydrogens is 376 g/mol. The molecule has 0 radical (unpaired) electrons. The topological polar surface area (TPSA) is 66.8 Å². The van der Waals surface area contributed by atoms with Gasteiger partial charge in [-0.15, -0.1) is 11.6 Å². The molecule has 5 heteroatoms. The largest absolute Gasteiger partial charge is 0.469 e. The quantitative estimate of drug-likeness (QED) is 0.290. The third-order valence-electron chi connectivity index (χ3n) is 6.37. The summed E-state index contributed by atoms with van der Waals surface area (Å²) in [5, 5.41) is 21.0. The number of rotatable bonds is 8. The van der Waals surface area contributed by atoms with Crippen LogP contribution in [-0.2, 0) is 15.1 Å². The highest BCUT2D eigenvalue weighted by atomic mass is 35.5. The van der Waals surface area contributed by atoms with E-state index in [-0.39, 0.29) is 23.2 Å². The lowest BCUT2D eigenvalue weighted by molar-refractivity contribution is -0.140. The van der Waals surface area contributed by atoms with Crippen molar-refractivity contribution in [2.75, 3.05) is 7.11 Å². The van der Waals surface area contributed by atoms with Gasteiger partial charge in [-0.2, -0.15) is 0 Å². The number of unbranched alkanes of at least 4 members (excludes halogenated alkanes) is 1. The number of esters is 1. The molecule has 3 rings (SSSR count). The van der Waals surface area contributed by atoms with Crippen LogP contribution in [0.15, 0.2) is 36.4 Å².